The smallest absolute Gasteiger partial charge is 0.225 e. The lowest BCUT2D eigenvalue weighted by molar-refractivity contribution is 0.263. The molecule has 0 aliphatic carbocycles. The van der Waals surface area contributed by atoms with Gasteiger partial charge in [-0.25, -0.2) is 9.97 Å². The lowest BCUT2D eigenvalue weighted by Gasteiger charge is -2.34. The number of anilines is 1. The Morgan fingerprint density at radius 2 is 1.86 bits per heavy atom. The number of nitrogens with one attached hydrogen (secondary N) is 2. The van der Waals surface area contributed by atoms with E-state index < -0.39 is 0 Å². The molecule has 2 N–H and O–H groups in total. The molecule has 1 aliphatic heterocycles. The van der Waals surface area contributed by atoms with Gasteiger partial charge in [0.2, 0.25) is 5.95 Å². The molecule has 1 unspecified atom stereocenters. The van der Waals surface area contributed by atoms with Crippen LogP contribution >= 0.6 is 0 Å². The summed E-state index contributed by atoms with van der Waals surface area (Å²) in [5.74, 6) is 1.77. The zero-order valence-electron chi connectivity index (χ0n) is 18.4. The zero-order valence-corrected chi connectivity index (χ0v) is 18.4. The molecule has 0 saturated carbocycles. The van der Waals surface area contributed by atoms with Crippen LogP contribution in [0.25, 0.3) is 0 Å². The van der Waals surface area contributed by atoms with E-state index in [1.54, 1.807) is 12.4 Å². The van der Waals surface area contributed by atoms with Gasteiger partial charge in [0.15, 0.2) is 5.96 Å². The van der Waals surface area contributed by atoms with Crippen LogP contribution in [0.3, 0.4) is 0 Å². The molecule has 7 heteroatoms. The summed E-state index contributed by atoms with van der Waals surface area (Å²) in [6.07, 6.45) is 5.97. The number of aromatic nitrogens is 2. The quantitative estimate of drug-likeness (QED) is 0.525. The number of guanidine groups is 1. The van der Waals surface area contributed by atoms with Crippen molar-refractivity contribution in [2.24, 2.45) is 10.4 Å². The Kier molecular flexibility index (Phi) is 8.96. The van der Waals surface area contributed by atoms with Gasteiger partial charge in [-0.2, -0.15) is 0 Å². The Morgan fingerprint density at radius 1 is 1.18 bits per heavy atom. The van der Waals surface area contributed by atoms with E-state index in [9.17, 15) is 0 Å². The van der Waals surface area contributed by atoms with Crippen LogP contribution in [0.15, 0.2) is 23.5 Å². The lowest BCUT2D eigenvalue weighted by atomic mass is 9.89. The van der Waals surface area contributed by atoms with Gasteiger partial charge in [0, 0.05) is 57.7 Å². The van der Waals surface area contributed by atoms with Gasteiger partial charge < -0.3 is 15.5 Å². The molecule has 0 radical (unpaired) electrons. The van der Waals surface area contributed by atoms with E-state index in [1.165, 1.54) is 6.42 Å². The number of piperazine rings is 1. The topological polar surface area (TPSA) is 68.7 Å². The Morgan fingerprint density at radius 3 is 2.46 bits per heavy atom. The maximum Gasteiger partial charge on any atom is 0.225 e. The summed E-state index contributed by atoms with van der Waals surface area (Å²) in [6, 6.07) is 2.28. The molecular weight excluding hydrogens is 350 g/mol. The van der Waals surface area contributed by atoms with Crippen molar-refractivity contribution in [1.29, 1.82) is 0 Å². The minimum absolute atomic E-state index is 0.373. The Labute approximate surface area is 171 Å². The molecule has 2 rings (SSSR count). The summed E-state index contributed by atoms with van der Waals surface area (Å²) in [5, 5.41) is 6.92. The second kappa shape index (κ2) is 11.2. The normalized spacial score (nSPS) is 17.5. The average Bonchev–Trinajstić information content (AvgIpc) is 2.67. The first kappa shape index (κ1) is 22.4. The molecule has 2 heterocycles. The van der Waals surface area contributed by atoms with Gasteiger partial charge in [-0.1, -0.05) is 20.8 Å². The summed E-state index contributed by atoms with van der Waals surface area (Å²) in [7, 11) is 0. The largest absolute Gasteiger partial charge is 0.357 e. The number of hydrogen-bond donors (Lipinski definition) is 2. The first-order valence-corrected chi connectivity index (χ1v) is 10.7. The number of nitrogens with zero attached hydrogens (tertiary/aromatic N) is 5. The van der Waals surface area contributed by atoms with Crippen LogP contribution in [-0.4, -0.2) is 72.7 Å². The maximum atomic E-state index is 4.78. The molecular formula is C21H39N7. The predicted molar refractivity (Wildman–Crippen MR) is 118 cm³/mol. The molecule has 1 aliphatic rings. The van der Waals surface area contributed by atoms with Gasteiger partial charge in [0.1, 0.15) is 0 Å². The summed E-state index contributed by atoms with van der Waals surface area (Å²) in [5.41, 5.74) is 0.373. The van der Waals surface area contributed by atoms with Crippen LogP contribution < -0.4 is 15.5 Å². The highest BCUT2D eigenvalue weighted by molar-refractivity contribution is 5.80. The Balaban J connectivity index is 1.73. The van der Waals surface area contributed by atoms with Crippen LogP contribution in [0.1, 0.15) is 47.5 Å². The second-order valence-electron chi connectivity index (χ2n) is 8.78. The van der Waals surface area contributed by atoms with Crippen molar-refractivity contribution in [2.75, 3.05) is 50.7 Å². The number of rotatable bonds is 8. The van der Waals surface area contributed by atoms with Crippen molar-refractivity contribution >= 4 is 11.9 Å². The summed E-state index contributed by atoms with van der Waals surface area (Å²) in [6.45, 7) is 17.9. The fourth-order valence-corrected chi connectivity index (χ4v) is 3.20. The number of aliphatic imine (C=N–C) groups is 1. The van der Waals surface area contributed by atoms with Gasteiger partial charge in [-0.3, -0.25) is 9.89 Å². The highest BCUT2D eigenvalue weighted by Crippen LogP contribution is 2.21. The molecule has 1 atom stereocenters. The molecule has 1 fully saturated rings. The number of hydrogen-bond acceptors (Lipinski definition) is 5. The molecule has 1 aromatic heterocycles. The van der Waals surface area contributed by atoms with E-state index in [4.69, 9.17) is 4.99 Å². The molecule has 7 nitrogen and oxygen atoms in total. The van der Waals surface area contributed by atoms with E-state index in [2.05, 4.69) is 65.0 Å². The van der Waals surface area contributed by atoms with Gasteiger partial charge in [-0.05, 0) is 38.2 Å². The van der Waals surface area contributed by atoms with Crippen molar-refractivity contribution in [3.05, 3.63) is 18.5 Å². The Bertz CT molecular complexity index is 574. The van der Waals surface area contributed by atoms with Crippen molar-refractivity contribution in [1.82, 2.24) is 25.5 Å². The van der Waals surface area contributed by atoms with Crippen LogP contribution in [-0.2, 0) is 0 Å². The maximum absolute atomic E-state index is 4.78. The Hall–Kier alpha value is -1.89. The first-order valence-electron chi connectivity index (χ1n) is 10.7. The van der Waals surface area contributed by atoms with Crippen LogP contribution in [0.2, 0.25) is 0 Å². The molecule has 1 saturated heterocycles. The van der Waals surface area contributed by atoms with Crippen molar-refractivity contribution in [3.63, 3.8) is 0 Å². The first-order chi connectivity index (χ1) is 13.4. The molecule has 1 aromatic rings. The third kappa shape index (κ3) is 8.42. The van der Waals surface area contributed by atoms with E-state index in [-0.39, 0.29) is 0 Å². The van der Waals surface area contributed by atoms with Crippen molar-refractivity contribution in [3.8, 4) is 0 Å². The second-order valence-corrected chi connectivity index (χ2v) is 8.78. The van der Waals surface area contributed by atoms with Crippen LogP contribution in [0.4, 0.5) is 5.95 Å². The van der Waals surface area contributed by atoms with E-state index in [0.717, 1.165) is 64.1 Å². The summed E-state index contributed by atoms with van der Waals surface area (Å²) < 4.78 is 0. The van der Waals surface area contributed by atoms with Crippen LogP contribution in [0, 0.1) is 5.41 Å². The third-order valence-corrected chi connectivity index (χ3v) is 4.95. The van der Waals surface area contributed by atoms with Crippen LogP contribution in [0.5, 0.6) is 0 Å². The van der Waals surface area contributed by atoms with Gasteiger partial charge in [0.25, 0.3) is 0 Å². The molecule has 0 amide bonds. The monoisotopic (exact) mass is 389 g/mol. The van der Waals surface area contributed by atoms with Crippen molar-refractivity contribution < 1.29 is 0 Å². The molecule has 158 valence electrons. The SMILES string of the molecule is CCNC(=NCCN1CCN(c2ncccn2)CC1)NC(C)CCC(C)(C)C. The van der Waals surface area contributed by atoms with Gasteiger partial charge in [0.05, 0.1) is 6.54 Å². The molecule has 0 spiro atoms. The molecule has 0 bridgehead atoms. The zero-order chi connectivity index (χ0) is 20.4. The third-order valence-electron chi connectivity index (χ3n) is 4.95. The average molecular weight is 390 g/mol. The van der Waals surface area contributed by atoms with Crippen molar-refractivity contribution in [2.45, 2.75) is 53.5 Å². The van der Waals surface area contributed by atoms with E-state index in [0.29, 0.717) is 11.5 Å². The fraction of sp³-hybridized carbons (Fsp3) is 0.762. The fourth-order valence-electron chi connectivity index (χ4n) is 3.20. The van der Waals surface area contributed by atoms with E-state index in [1.807, 2.05) is 6.07 Å². The summed E-state index contributed by atoms with van der Waals surface area (Å²) in [4.78, 5) is 18.2. The van der Waals surface area contributed by atoms with E-state index >= 15 is 0 Å². The minimum atomic E-state index is 0.373. The summed E-state index contributed by atoms with van der Waals surface area (Å²) >= 11 is 0. The molecule has 0 aromatic carbocycles. The van der Waals surface area contributed by atoms with Gasteiger partial charge >= 0.3 is 0 Å². The lowest BCUT2D eigenvalue weighted by Crippen LogP contribution is -2.48. The standard InChI is InChI=1S/C21H39N7/c1-6-22-19(26-18(2)8-9-21(3,4)5)23-12-13-27-14-16-28(17-15-27)20-24-10-7-11-25-20/h7,10-11,18H,6,8-9,12-17H2,1-5H3,(H2,22,23,26). The molecule has 28 heavy (non-hydrogen) atoms. The highest BCUT2D eigenvalue weighted by Gasteiger charge is 2.18. The highest BCUT2D eigenvalue weighted by atomic mass is 15.3. The predicted octanol–water partition coefficient (Wildman–Crippen LogP) is 2.37. The van der Waals surface area contributed by atoms with Gasteiger partial charge in [-0.15, -0.1) is 0 Å². The minimum Gasteiger partial charge on any atom is -0.357 e.